The number of aliphatic hydroxyl groups excluding tert-OH is 1. The highest BCUT2D eigenvalue weighted by Crippen LogP contribution is 2.14. The first-order valence-electron chi connectivity index (χ1n) is 18.9. The number of rotatable bonds is 33. The van der Waals surface area contributed by atoms with Crippen LogP contribution in [0.25, 0.3) is 0 Å². The van der Waals surface area contributed by atoms with E-state index in [9.17, 15) is 19.2 Å². The monoisotopic (exact) mass is 677 g/mol. The fourth-order valence-electron chi connectivity index (χ4n) is 5.13. The Morgan fingerprint density at radius 2 is 1.19 bits per heavy atom. The molecule has 9 heteroatoms. The normalized spacial score (nSPS) is 12.9. The van der Waals surface area contributed by atoms with Gasteiger partial charge in [-0.2, -0.15) is 0 Å². The third-order valence-corrected chi connectivity index (χ3v) is 8.09. The summed E-state index contributed by atoms with van der Waals surface area (Å²) in [6.45, 7) is 3.38. The van der Waals surface area contributed by atoms with E-state index in [2.05, 4.69) is 54.9 Å². The zero-order valence-corrected chi connectivity index (χ0v) is 30.2. The average Bonchev–Trinajstić information content (AvgIpc) is 3.07. The van der Waals surface area contributed by atoms with E-state index < -0.39 is 24.5 Å². The van der Waals surface area contributed by atoms with Crippen LogP contribution in [0.2, 0.25) is 0 Å². The number of aliphatic hydroxyl groups is 1. The number of carboxylic acid groups (broad SMARTS) is 1. The topological polar surface area (TPSA) is 142 Å². The number of ether oxygens (including phenoxy) is 1. The lowest BCUT2D eigenvalue weighted by atomic mass is 10.1. The highest BCUT2D eigenvalue weighted by molar-refractivity contribution is 5.87. The molecule has 9 nitrogen and oxygen atoms in total. The molecule has 0 aliphatic rings. The number of aliphatic carboxylic acids is 1. The number of unbranched alkanes of at least 4 members (excludes halogenated alkanes) is 15. The lowest BCUT2D eigenvalue weighted by molar-refractivity contribution is -0.147. The molecule has 0 aromatic heterocycles. The number of esters is 1. The Hall–Kier alpha value is -2.94. The minimum absolute atomic E-state index is 0.139. The van der Waals surface area contributed by atoms with Gasteiger partial charge >= 0.3 is 11.9 Å². The second kappa shape index (κ2) is 33.9. The van der Waals surface area contributed by atoms with Crippen LogP contribution in [0, 0.1) is 0 Å². The number of hydrogen-bond donors (Lipinski definition) is 4. The summed E-state index contributed by atoms with van der Waals surface area (Å²) in [5.41, 5.74) is 0. The van der Waals surface area contributed by atoms with E-state index >= 15 is 0 Å². The van der Waals surface area contributed by atoms with Gasteiger partial charge in [0.1, 0.15) is 12.1 Å². The van der Waals surface area contributed by atoms with E-state index in [0.717, 1.165) is 64.2 Å². The van der Waals surface area contributed by atoms with Gasteiger partial charge in [0.05, 0.1) is 13.2 Å². The van der Waals surface area contributed by atoms with Crippen LogP contribution < -0.4 is 10.6 Å². The van der Waals surface area contributed by atoms with Crippen molar-refractivity contribution < 1.29 is 34.1 Å². The standard InChI is InChI=1S/C39H68N2O7/c1-3-5-7-9-11-13-14-15-16-17-19-21-27-31-38(45)48-34(28-24-20-18-12-10-8-6-4-2)29-25-22-23-26-30-36(43)40-32-37(44)41-35(33-42)39(46)47/h12-14,18,24,28,34-35,42H,3-11,15-17,19-23,25-27,29-33H2,1-2H3,(H,40,43)(H,41,44)(H,46,47)/b14-13-,18-12-,28-24-. The first-order valence-corrected chi connectivity index (χ1v) is 18.9. The van der Waals surface area contributed by atoms with E-state index in [1.807, 2.05) is 6.08 Å². The van der Waals surface area contributed by atoms with Gasteiger partial charge in [-0.3, -0.25) is 14.4 Å². The van der Waals surface area contributed by atoms with E-state index in [-0.39, 0.29) is 30.9 Å². The molecule has 0 saturated heterocycles. The van der Waals surface area contributed by atoms with Crippen LogP contribution in [0.5, 0.6) is 0 Å². The Bertz CT molecular complexity index is 916. The Kier molecular flexibility index (Phi) is 31.9. The third kappa shape index (κ3) is 30.4. The van der Waals surface area contributed by atoms with Crippen LogP contribution in [-0.2, 0) is 23.9 Å². The predicted octanol–water partition coefficient (Wildman–Crippen LogP) is 8.26. The number of nitrogens with one attached hydrogen (secondary N) is 2. The molecule has 0 aliphatic heterocycles. The van der Waals surface area contributed by atoms with Gasteiger partial charge in [-0.05, 0) is 76.7 Å². The predicted molar refractivity (Wildman–Crippen MR) is 195 cm³/mol. The Morgan fingerprint density at radius 3 is 1.83 bits per heavy atom. The molecule has 276 valence electrons. The van der Waals surface area contributed by atoms with Gasteiger partial charge in [-0.25, -0.2) is 4.79 Å². The summed E-state index contributed by atoms with van der Waals surface area (Å²) in [5.74, 6) is -2.44. The summed E-state index contributed by atoms with van der Waals surface area (Å²) in [6.07, 6.45) is 36.2. The van der Waals surface area contributed by atoms with Gasteiger partial charge < -0.3 is 25.6 Å². The fraction of sp³-hybridized carbons (Fsp3) is 0.744. The van der Waals surface area contributed by atoms with E-state index in [4.69, 9.17) is 14.9 Å². The van der Waals surface area contributed by atoms with Crippen molar-refractivity contribution in [2.75, 3.05) is 13.2 Å². The Morgan fingerprint density at radius 1 is 0.646 bits per heavy atom. The molecule has 0 bridgehead atoms. The molecule has 0 aromatic rings. The molecular weight excluding hydrogens is 608 g/mol. The van der Waals surface area contributed by atoms with Gasteiger partial charge in [-0.15, -0.1) is 0 Å². The molecule has 2 unspecified atom stereocenters. The fourth-order valence-corrected chi connectivity index (χ4v) is 5.13. The molecule has 0 spiro atoms. The molecule has 0 radical (unpaired) electrons. The molecule has 0 aromatic carbocycles. The van der Waals surface area contributed by atoms with Gasteiger partial charge in [0.2, 0.25) is 11.8 Å². The SMILES string of the molecule is CCCCC/C=C\C/C=C\C(CCCCCCC(=O)NCC(=O)NC(CO)C(=O)O)OC(=O)CCCCCCC/C=C\CCCCCC. The van der Waals surface area contributed by atoms with Crippen LogP contribution >= 0.6 is 0 Å². The van der Waals surface area contributed by atoms with E-state index in [1.165, 1.54) is 64.2 Å². The smallest absolute Gasteiger partial charge is 0.328 e. The summed E-state index contributed by atoms with van der Waals surface area (Å²) in [7, 11) is 0. The molecule has 0 rings (SSSR count). The number of amides is 2. The second-order valence-electron chi connectivity index (χ2n) is 12.7. The molecule has 0 saturated carbocycles. The quantitative estimate of drug-likeness (QED) is 0.0311. The summed E-state index contributed by atoms with van der Waals surface area (Å²) in [5, 5.41) is 22.5. The second-order valence-corrected chi connectivity index (χ2v) is 12.7. The van der Waals surface area contributed by atoms with Gasteiger partial charge in [-0.1, -0.05) is 108 Å². The van der Waals surface area contributed by atoms with Gasteiger partial charge in [0.15, 0.2) is 0 Å². The van der Waals surface area contributed by atoms with Gasteiger partial charge in [0, 0.05) is 12.8 Å². The lowest BCUT2D eigenvalue weighted by Gasteiger charge is -2.15. The van der Waals surface area contributed by atoms with Crippen molar-refractivity contribution in [3.63, 3.8) is 0 Å². The summed E-state index contributed by atoms with van der Waals surface area (Å²) in [6, 6.07) is -1.39. The van der Waals surface area contributed by atoms with Crippen molar-refractivity contribution >= 4 is 23.8 Å². The summed E-state index contributed by atoms with van der Waals surface area (Å²) < 4.78 is 5.85. The zero-order valence-electron chi connectivity index (χ0n) is 30.2. The van der Waals surface area contributed by atoms with Crippen LogP contribution in [0.3, 0.4) is 0 Å². The van der Waals surface area contributed by atoms with Crippen molar-refractivity contribution in [3.8, 4) is 0 Å². The van der Waals surface area contributed by atoms with Crippen LogP contribution in [0.1, 0.15) is 162 Å². The molecule has 0 heterocycles. The Labute approximate surface area is 291 Å². The average molecular weight is 677 g/mol. The molecule has 2 atom stereocenters. The largest absolute Gasteiger partial charge is 0.480 e. The summed E-state index contributed by atoms with van der Waals surface area (Å²) >= 11 is 0. The van der Waals surface area contributed by atoms with Crippen molar-refractivity contribution in [3.05, 3.63) is 36.5 Å². The molecular formula is C39H68N2O7. The number of carbonyl (C=O) groups is 4. The van der Waals surface area contributed by atoms with Gasteiger partial charge in [0.25, 0.3) is 0 Å². The number of carboxylic acids is 1. The highest BCUT2D eigenvalue weighted by Gasteiger charge is 2.18. The molecule has 0 fully saturated rings. The summed E-state index contributed by atoms with van der Waals surface area (Å²) in [4.78, 5) is 47.3. The number of carbonyl (C=O) groups excluding carboxylic acids is 3. The van der Waals surface area contributed by atoms with E-state index in [1.54, 1.807) is 0 Å². The molecule has 0 aliphatic carbocycles. The minimum atomic E-state index is -1.39. The lowest BCUT2D eigenvalue weighted by Crippen LogP contribution is -2.47. The van der Waals surface area contributed by atoms with Crippen LogP contribution in [0.4, 0.5) is 0 Å². The van der Waals surface area contributed by atoms with Crippen LogP contribution in [0.15, 0.2) is 36.5 Å². The minimum Gasteiger partial charge on any atom is -0.480 e. The zero-order chi connectivity index (χ0) is 35.5. The third-order valence-electron chi connectivity index (χ3n) is 8.09. The number of hydrogen-bond acceptors (Lipinski definition) is 6. The van der Waals surface area contributed by atoms with E-state index in [0.29, 0.717) is 12.8 Å². The maximum atomic E-state index is 12.6. The van der Waals surface area contributed by atoms with Crippen molar-refractivity contribution in [2.24, 2.45) is 0 Å². The number of allylic oxidation sites excluding steroid dienone is 5. The maximum absolute atomic E-state index is 12.6. The van der Waals surface area contributed by atoms with Crippen molar-refractivity contribution in [2.45, 2.75) is 174 Å². The molecule has 2 amide bonds. The maximum Gasteiger partial charge on any atom is 0.328 e. The van der Waals surface area contributed by atoms with Crippen molar-refractivity contribution in [1.29, 1.82) is 0 Å². The van der Waals surface area contributed by atoms with Crippen molar-refractivity contribution in [1.82, 2.24) is 10.6 Å². The first kappa shape index (κ1) is 45.1. The molecule has 48 heavy (non-hydrogen) atoms. The van der Waals surface area contributed by atoms with Crippen LogP contribution in [-0.4, -0.2) is 59.3 Å². The Balaban J connectivity index is 4.36. The molecule has 4 N–H and O–H groups in total. The first-order chi connectivity index (χ1) is 23.3. The highest BCUT2D eigenvalue weighted by atomic mass is 16.5.